The number of ether oxygens (including phenoxy) is 1. The molecule has 2 saturated carbocycles. The first-order valence-electron chi connectivity index (χ1n) is 11.1. The van der Waals surface area contributed by atoms with E-state index >= 15 is 0 Å². The van der Waals surface area contributed by atoms with E-state index in [0.29, 0.717) is 17.9 Å². The summed E-state index contributed by atoms with van der Waals surface area (Å²) in [6, 6.07) is 4.27. The number of halogens is 1. The highest BCUT2D eigenvalue weighted by Crippen LogP contribution is 2.47. The molecule has 26 heavy (non-hydrogen) atoms. The van der Waals surface area contributed by atoms with Gasteiger partial charge in [-0.15, -0.1) is 0 Å². The molecule has 1 nitrogen and oxygen atoms in total. The van der Waals surface area contributed by atoms with Gasteiger partial charge in [-0.25, -0.2) is 4.39 Å². The molecule has 0 amide bonds. The average Bonchev–Trinajstić information content (AvgIpc) is 2.67. The Morgan fingerprint density at radius 2 is 1.81 bits per heavy atom. The van der Waals surface area contributed by atoms with Crippen molar-refractivity contribution in [2.45, 2.75) is 90.1 Å². The van der Waals surface area contributed by atoms with Gasteiger partial charge in [-0.3, -0.25) is 0 Å². The average molecular weight is 359 g/mol. The zero-order valence-corrected chi connectivity index (χ0v) is 16.6. The van der Waals surface area contributed by atoms with Crippen LogP contribution in [0.5, 0.6) is 0 Å². The molecule has 3 aliphatic rings. The molecular formula is C24H35FO. The van der Waals surface area contributed by atoms with Gasteiger partial charge >= 0.3 is 0 Å². The Labute approximate surface area is 158 Å². The largest absolute Gasteiger partial charge is 0.378 e. The van der Waals surface area contributed by atoms with Crippen molar-refractivity contribution < 1.29 is 9.13 Å². The maximum atomic E-state index is 14.8. The monoisotopic (exact) mass is 358 g/mol. The van der Waals surface area contributed by atoms with Crippen LogP contribution in [0.15, 0.2) is 12.1 Å². The molecule has 0 N–H and O–H groups in total. The van der Waals surface area contributed by atoms with Gasteiger partial charge in [-0.05, 0) is 111 Å². The number of hydrogen-bond donors (Lipinski definition) is 0. The van der Waals surface area contributed by atoms with Crippen LogP contribution >= 0.6 is 0 Å². The van der Waals surface area contributed by atoms with Crippen LogP contribution in [0.3, 0.4) is 0 Å². The minimum Gasteiger partial charge on any atom is -0.378 e. The third-order valence-electron chi connectivity index (χ3n) is 7.64. The second kappa shape index (κ2) is 8.00. The topological polar surface area (TPSA) is 9.23 Å². The summed E-state index contributed by atoms with van der Waals surface area (Å²) in [4.78, 5) is 0. The van der Waals surface area contributed by atoms with Crippen LogP contribution in [-0.2, 0) is 17.6 Å². The summed E-state index contributed by atoms with van der Waals surface area (Å²) in [5.41, 5.74) is 3.63. The van der Waals surface area contributed by atoms with Gasteiger partial charge in [-0.2, -0.15) is 0 Å². The van der Waals surface area contributed by atoms with Gasteiger partial charge in [0.1, 0.15) is 5.82 Å². The molecule has 3 aliphatic carbocycles. The molecule has 4 rings (SSSR count). The summed E-state index contributed by atoms with van der Waals surface area (Å²) in [6.07, 6.45) is 12.5. The van der Waals surface area contributed by atoms with Crippen molar-refractivity contribution in [2.24, 2.45) is 17.8 Å². The van der Waals surface area contributed by atoms with Gasteiger partial charge in [0, 0.05) is 6.61 Å². The molecule has 144 valence electrons. The highest BCUT2D eigenvalue weighted by Gasteiger charge is 2.36. The zero-order chi connectivity index (χ0) is 18.1. The Morgan fingerprint density at radius 1 is 1.00 bits per heavy atom. The van der Waals surface area contributed by atoms with E-state index in [4.69, 9.17) is 4.74 Å². The summed E-state index contributed by atoms with van der Waals surface area (Å²) in [7, 11) is 0. The first-order chi connectivity index (χ1) is 12.7. The fourth-order valence-corrected chi connectivity index (χ4v) is 6.04. The van der Waals surface area contributed by atoms with Crippen LogP contribution < -0.4 is 0 Å². The van der Waals surface area contributed by atoms with Crippen LogP contribution in [0.25, 0.3) is 0 Å². The Bertz CT molecular complexity index is 625. The first-order valence-corrected chi connectivity index (χ1v) is 11.1. The molecule has 2 fully saturated rings. The van der Waals surface area contributed by atoms with Gasteiger partial charge in [-0.1, -0.05) is 19.4 Å². The molecular weight excluding hydrogens is 323 g/mol. The van der Waals surface area contributed by atoms with E-state index in [2.05, 4.69) is 19.9 Å². The zero-order valence-electron chi connectivity index (χ0n) is 16.6. The summed E-state index contributed by atoms with van der Waals surface area (Å²) < 4.78 is 20.7. The Morgan fingerprint density at radius 3 is 2.62 bits per heavy atom. The quantitative estimate of drug-likeness (QED) is 0.602. The lowest BCUT2D eigenvalue weighted by Gasteiger charge is -2.42. The van der Waals surface area contributed by atoms with Crippen molar-refractivity contribution in [3.63, 3.8) is 0 Å². The minimum atomic E-state index is 0.0813. The van der Waals surface area contributed by atoms with Gasteiger partial charge in [0.15, 0.2) is 0 Å². The van der Waals surface area contributed by atoms with E-state index in [0.717, 1.165) is 36.8 Å². The second-order valence-electron chi connectivity index (χ2n) is 9.08. The molecule has 5 atom stereocenters. The van der Waals surface area contributed by atoms with E-state index in [9.17, 15) is 4.39 Å². The lowest BCUT2D eigenvalue weighted by molar-refractivity contribution is -0.00956. The molecule has 5 unspecified atom stereocenters. The second-order valence-corrected chi connectivity index (χ2v) is 9.08. The molecule has 0 heterocycles. The van der Waals surface area contributed by atoms with Crippen LogP contribution in [0.1, 0.15) is 87.8 Å². The number of rotatable bonds is 4. The standard InChI is InChI=1S/C24H35FO/c1-3-16-5-6-20-13-21(15-24(25)23(20)11-16)18-7-8-19-14-22(26-4-2)10-9-17(19)12-18/h13,15-19,22H,3-12,14H2,1-2H3. The lowest BCUT2D eigenvalue weighted by atomic mass is 9.65. The van der Waals surface area contributed by atoms with Crippen LogP contribution in [0.2, 0.25) is 0 Å². The molecule has 0 radical (unpaired) electrons. The Hall–Kier alpha value is -0.890. The van der Waals surface area contributed by atoms with Gasteiger partial charge in [0.2, 0.25) is 0 Å². The molecule has 2 heteroatoms. The van der Waals surface area contributed by atoms with E-state index < -0.39 is 0 Å². The fraction of sp³-hybridized carbons (Fsp3) is 0.750. The molecule has 0 saturated heterocycles. The first kappa shape index (κ1) is 18.5. The van der Waals surface area contributed by atoms with Crippen LogP contribution in [0, 0.1) is 23.6 Å². The molecule has 1 aromatic carbocycles. The number of aryl methyl sites for hydroxylation is 1. The highest BCUT2D eigenvalue weighted by molar-refractivity contribution is 5.37. The van der Waals surface area contributed by atoms with Gasteiger partial charge in [0.25, 0.3) is 0 Å². The van der Waals surface area contributed by atoms with Crippen molar-refractivity contribution in [3.8, 4) is 0 Å². The third kappa shape index (κ3) is 3.72. The van der Waals surface area contributed by atoms with E-state index in [1.54, 1.807) is 0 Å². The van der Waals surface area contributed by atoms with Crippen molar-refractivity contribution in [3.05, 3.63) is 34.6 Å². The molecule has 0 bridgehead atoms. The highest BCUT2D eigenvalue weighted by atomic mass is 19.1. The molecule has 0 aliphatic heterocycles. The maximum absolute atomic E-state index is 14.8. The summed E-state index contributed by atoms with van der Waals surface area (Å²) in [5, 5.41) is 0. The van der Waals surface area contributed by atoms with Gasteiger partial charge in [0.05, 0.1) is 6.10 Å². The lowest BCUT2D eigenvalue weighted by Crippen LogP contribution is -2.33. The normalized spacial score (nSPS) is 34.2. The Kier molecular flexibility index (Phi) is 5.69. The van der Waals surface area contributed by atoms with Gasteiger partial charge < -0.3 is 4.74 Å². The molecule has 0 spiro atoms. The fourth-order valence-electron chi connectivity index (χ4n) is 6.04. The van der Waals surface area contributed by atoms with Crippen LogP contribution in [-0.4, -0.2) is 12.7 Å². The summed E-state index contributed by atoms with van der Waals surface area (Å²) in [5.74, 6) is 3.00. The smallest absolute Gasteiger partial charge is 0.126 e. The third-order valence-corrected chi connectivity index (χ3v) is 7.64. The van der Waals surface area contributed by atoms with Crippen molar-refractivity contribution >= 4 is 0 Å². The predicted octanol–water partition coefficient (Wildman–Crippen LogP) is 6.43. The predicted molar refractivity (Wildman–Crippen MR) is 105 cm³/mol. The number of hydrogen-bond acceptors (Lipinski definition) is 1. The summed E-state index contributed by atoms with van der Waals surface area (Å²) >= 11 is 0. The summed E-state index contributed by atoms with van der Waals surface area (Å²) in [6.45, 7) is 5.19. The number of benzene rings is 1. The van der Waals surface area contributed by atoms with Crippen LogP contribution in [0.4, 0.5) is 4.39 Å². The van der Waals surface area contributed by atoms with E-state index in [-0.39, 0.29) is 5.82 Å². The van der Waals surface area contributed by atoms with Crippen molar-refractivity contribution in [2.75, 3.05) is 6.61 Å². The minimum absolute atomic E-state index is 0.0813. The van der Waals surface area contributed by atoms with Crippen molar-refractivity contribution in [1.29, 1.82) is 0 Å². The Balaban J connectivity index is 1.46. The maximum Gasteiger partial charge on any atom is 0.126 e. The SMILES string of the molecule is CCOC1CCC2CC(c3cc(F)c4c(c3)CCC(CC)C4)CCC2C1. The van der Waals surface area contributed by atoms with E-state index in [1.807, 2.05) is 6.07 Å². The van der Waals surface area contributed by atoms with E-state index in [1.165, 1.54) is 62.5 Å². The molecule has 0 aromatic heterocycles. The number of fused-ring (bicyclic) bond motifs is 2. The van der Waals surface area contributed by atoms with Crippen molar-refractivity contribution in [1.82, 2.24) is 0 Å². The molecule has 1 aromatic rings.